The maximum Gasteiger partial charge on any atom is 0.447 e. The van der Waals surface area contributed by atoms with Crippen LogP contribution in [0.1, 0.15) is 40.0 Å². The number of nitrogens with zero attached hydrogens (tertiary/aromatic N) is 4. The number of piperidine rings is 1. The number of hydrogen-bond acceptors (Lipinski definition) is 6. The molecule has 174 valence electrons. The van der Waals surface area contributed by atoms with E-state index >= 15 is 0 Å². The molecule has 2 aromatic heterocycles. The molecule has 0 saturated carbocycles. The van der Waals surface area contributed by atoms with Gasteiger partial charge in [-0.05, 0) is 38.8 Å². The maximum atomic E-state index is 12.9. The van der Waals surface area contributed by atoms with Crippen LogP contribution in [0.4, 0.5) is 13.2 Å². The number of thioether (sulfide) groups is 1. The Morgan fingerprint density at radius 2 is 1.97 bits per heavy atom. The van der Waals surface area contributed by atoms with E-state index in [1.54, 1.807) is 19.1 Å². The number of aryl methyl sites for hydroxylation is 1. The molecule has 0 radical (unpaired) electrons. The Kier molecular flexibility index (Phi) is 7.66. The number of amides is 1. The number of pyridine rings is 2. The van der Waals surface area contributed by atoms with E-state index in [1.165, 1.54) is 18.3 Å². The summed E-state index contributed by atoms with van der Waals surface area (Å²) in [4.78, 5) is 25.1. The highest BCUT2D eigenvalue weighted by Crippen LogP contribution is 2.37. The average molecular weight is 469 g/mol. The van der Waals surface area contributed by atoms with Crippen molar-refractivity contribution in [1.82, 2.24) is 19.8 Å². The van der Waals surface area contributed by atoms with Crippen LogP contribution >= 0.6 is 11.8 Å². The van der Waals surface area contributed by atoms with Gasteiger partial charge < -0.3 is 9.64 Å². The number of ether oxygens (including phenoxy) is 1. The van der Waals surface area contributed by atoms with Crippen LogP contribution in [0.15, 0.2) is 29.6 Å². The first-order valence-electron chi connectivity index (χ1n) is 10.3. The second kappa shape index (κ2) is 10.1. The number of carbonyl (C=O) groups excluding carboxylic acids is 1. The topological polar surface area (TPSA) is 58.6 Å². The third-order valence-corrected chi connectivity index (χ3v) is 6.51. The van der Waals surface area contributed by atoms with Crippen molar-refractivity contribution in [3.8, 4) is 5.75 Å². The van der Waals surface area contributed by atoms with Crippen molar-refractivity contribution in [2.45, 2.75) is 49.8 Å². The summed E-state index contributed by atoms with van der Waals surface area (Å²) in [6.07, 6.45) is 4.53. The summed E-state index contributed by atoms with van der Waals surface area (Å²) < 4.78 is 44.0. The number of aromatic nitrogens is 2. The van der Waals surface area contributed by atoms with Crippen LogP contribution in [0.2, 0.25) is 0 Å². The van der Waals surface area contributed by atoms with Gasteiger partial charge in [-0.3, -0.25) is 14.7 Å². The van der Waals surface area contributed by atoms with Crippen LogP contribution in [0.3, 0.4) is 0 Å². The molecule has 0 atom stereocenters. The van der Waals surface area contributed by atoms with Gasteiger partial charge in [-0.15, -0.1) is 0 Å². The lowest BCUT2D eigenvalue weighted by atomic mass is 10.0. The molecule has 2 aromatic rings. The summed E-state index contributed by atoms with van der Waals surface area (Å²) in [7, 11) is 3.30. The Labute approximate surface area is 190 Å². The fourth-order valence-electron chi connectivity index (χ4n) is 4.01. The number of carbonyl (C=O) groups is 1. The largest absolute Gasteiger partial charge is 0.496 e. The Morgan fingerprint density at radius 3 is 2.59 bits per heavy atom. The number of likely N-dealkylation sites (tertiary alicyclic amines) is 1. The number of halogens is 3. The van der Waals surface area contributed by atoms with Crippen molar-refractivity contribution in [3.05, 3.63) is 46.9 Å². The predicted octanol–water partition coefficient (Wildman–Crippen LogP) is 4.45. The van der Waals surface area contributed by atoms with E-state index in [-0.39, 0.29) is 28.4 Å². The molecule has 1 fully saturated rings. The van der Waals surface area contributed by atoms with Crippen molar-refractivity contribution in [1.29, 1.82) is 0 Å². The Balaban J connectivity index is 1.63. The first kappa shape index (κ1) is 24.3. The van der Waals surface area contributed by atoms with Crippen molar-refractivity contribution >= 4 is 17.7 Å². The third kappa shape index (κ3) is 5.72. The average Bonchev–Trinajstić information content (AvgIpc) is 2.75. The number of hydrogen-bond donors (Lipinski definition) is 0. The van der Waals surface area contributed by atoms with Gasteiger partial charge >= 0.3 is 5.51 Å². The molecule has 6 nitrogen and oxygen atoms in total. The molecule has 3 heterocycles. The minimum atomic E-state index is -4.50. The number of rotatable bonds is 6. The van der Waals surface area contributed by atoms with Crippen LogP contribution in [0, 0.1) is 13.8 Å². The summed E-state index contributed by atoms with van der Waals surface area (Å²) in [6, 6.07) is 2.83. The number of methoxy groups -OCH3 is 1. The first-order valence-corrected chi connectivity index (χ1v) is 11.1. The zero-order chi connectivity index (χ0) is 23.5. The van der Waals surface area contributed by atoms with E-state index in [0.717, 1.165) is 48.5 Å². The van der Waals surface area contributed by atoms with E-state index in [0.29, 0.717) is 6.54 Å². The molecule has 1 aliphatic heterocycles. The summed E-state index contributed by atoms with van der Waals surface area (Å²) in [5.74, 6) is 0.406. The van der Waals surface area contributed by atoms with Gasteiger partial charge in [-0.2, -0.15) is 13.2 Å². The molecule has 1 aliphatic rings. The summed E-state index contributed by atoms with van der Waals surface area (Å²) in [5.41, 5.74) is -1.55. The SMILES string of the molecule is COc1c(C)cnc(CN2CCC(N(C)C(=O)c3cccnc3SC(F)(F)F)CC2)c1C. The van der Waals surface area contributed by atoms with Crippen molar-refractivity contribution < 1.29 is 22.7 Å². The monoisotopic (exact) mass is 468 g/mol. The number of alkyl halides is 3. The predicted molar refractivity (Wildman–Crippen MR) is 117 cm³/mol. The van der Waals surface area contributed by atoms with E-state index in [9.17, 15) is 18.0 Å². The fourth-order valence-corrected chi connectivity index (χ4v) is 4.61. The Bertz CT molecular complexity index is 963. The highest BCUT2D eigenvalue weighted by molar-refractivity contribution is 8.00. The molecule has 0 N–H and O–H groups in total. The van der Waals surface area contributed by atoms with Crippen molar-refractivity contribution in [2.24, 2.45) is 0 Å². The van der Waals surface area contributed by atoms with Crippen LogP contribution in [-0.4, -0.2) is 64.5 Å². The van der Waals surface area contributed by atoms with Gasteiger partial charge in [-0.25, -0.2) is 4.98 Å². The molecule has 0 unspecified atom stereocenters. The minimum Gasteiger partial charge on any atom is -0.496 e. The van der Waals surface area contributed by atoms with Crippen LogP contribution < -0.4 is 4.74 Å². The lowest BCUT2D eigenvalue weighted by molar-refractivity contribution is -0.0329. The molecular weight excluding hydrogens is 441 g/mol. The van der Waals surface area contributed by atoms with Gasteiger partial charge in [0.2, 0.25) is 0 Å². The second-order valence-corrected chi connectivity index (χ2v) is 8.93. The highest BCUT2D eigenvalue weighted by Gasteiger charge is 2.34. The Morgan fingerprint density at radius 1 is 1.28 bits per heavy atom. The lowest BCUT2D eigenvalue weighted by Crippen LogP contribution is -2.45. The molecule has 1 saturated heterocycles. The van der Waals surface area contributed by atoms with Crippen LogP contribution in [-0.2, 0) is 6.54 Å². The van der Waals surface area contributed by atoms with Gasteiger partial charge in [0, 0.05) is 68.0 Å². The maximum absolute atomic E-state index is 12.9. The smallest absolute Gasteiger partial charge is 0.447 e. The summed E-state index contributed by atoms with van der Waals surface area (Å²) in [5, 5.41) is -0.316. The van der Waals surface area contributed by atoms with Gasteiger partial charge in [-0.1, -0.05) is 0 Å². The molecule has 32 heavy (non-hydrogen) atoms. The second-order valence-electron chi connectivity index (χ2n) is 7.87. The standard InChI is InChI=1S/C22H27F3N4O2S/c1-14-12-27-18(15(2)19(14)31-4)13-29-10-7-16(8-11-29)28(3)21(30)17-6-5-9-26-20(17)32-22(23,24)25/h5-6,9,12,16H,7-8,10-11,13H2,1-4H3. The molecule has 0 spiro atoms. The molecule has 1 amide bonds. The van der Waals surface area contributed by atoms with Gasteiger partial charge in [0.15, 0.2) is 0 Å². The third-order valence-electron chi connectivity index (χ3n) is 5.76. The molecule has 0 bridgehead atoms. The minimum absolute atomic E-state index is 0.0219. The molecular formula is C22H27F3N4O2S. The molecule has 0 aliphatic carbocycles. The Hall–Kier alpha value is -2.33. The summed E-state index contributed by atoms with van der Waals surface area (Å²) in [6.45, 7) is 6.16. The van der Waals surface area contributed by atoms with Gasteiger partial charge in [0.1, 0.15) is 10.8 Å². The van der Waals surface area contributed by atoms with Crippen molar-refractivity contribution in [3.63, 3.8) is 0 Å². The lowest BCUT2D eigenvalue weighted by Gasteiger charge is -2.37. The van der Waals surface area contributed by atoms with Crippen LogP contribution in [0.5, 0.6) is 5.75 Å². The normalized spacial score (nSPS) is 15.6. The zero-order valence-electron chi connectivity index (χ0n) is 18.6. The summed E-state index contributed by atoms with van der Waals surface area (Å²) >= 11 is -0.357. The zero-order valence-corrected chi connectivity index (χ0v) is 19.4. The quantitative estimate of drug-likeness (QED) is 0.584. The first-order chi connectivity index (χ1) is 15.1. The highest BCUT2D eigenvalue weighted by atomic mass is 32.2. The fraction of sp³-hybridized carbons (Fsp3) is 0.500. The van der Waals surface area contributed by atoms with E-state index in [2.05, 4.69) is 14.9 Å². The van der Waals surface area contributed by atoms with Gasteiger partial charge in [0.05, 0.1) is 18.4 Å². The van der Waals surface area contributed by atoms with E-state index in [4.69, 9.17) is 4.74 Å². The van der Waals surface area contributed by atoms with Crippen molar-refractivity contribution in [2.75, 3.05) is 27.2 Å². The molecule has 10 heteroatoms. The molecule has 0 aromatic carbocycles. The van der Waals surface area contributed by atoms with Gasteiger partial charge in [0.25, 0.3) is 5.91 Å². The van der Waals surface area contributed by atoms with Crippen LogP contribution in [0.25, 0.3) is 0 Å². The molecule has 3 rings (SSSR count). The van der Waals surface area contributed by atoms with E-state index in [1.807, 2.05) is 20.0 Å². The van der Waals surface area contributed by atoms with E-state index < -0.39 is 11.4 Å².